The van der Waals surface area contributed by atoms with E-state index < -0.39 is 0 Å². The van der Waals surface area contributed by atoms with Crippen LogP contribution in [0.15, 0.2) is 25.8 Å². The maximum Gasteiger partial charge on any atom is 0.127 e. The zero-order valence-electron chi connectivity index (χ0n) is 12.6. The Morgan fingerprint density at radius 1 is 1.24 bits per heavy atom. The Labute approximate surface area is 147 Å². The molecule has 0 aliphatic heterocycles. The third-order valence-electron chi connectivity index (χ3n) is 3.62. The van der Waals surface area contributed by atoms with Crippen LogP contribution < -0.4 is 10.1 Å². The molecule has 0 spiro atoms. The minimum Gasteiger partial charge on any atom is -0.496 e. The Morgan fingerprint density at radius 2 is 1.95 bits per heavy atom. The summed E-state index contributed by atoms with van der Waals surface area (Å²) in [6.07, 6.45) is 0. The summed E-state index contributed by atoms with van der Waals surface area (Å²) in [6, 6.07) is 6.59. The number of ether oxygens (including phenoxy) is 1. The average molecular weight is 433 g/mol. The fourth-order valence-corrected chi connectivity index (χ4v) is 5.35. The van der Waals surface area contributed by atoms with Gasteiger partial charge in [-0.1, -0.05) is 19.1 Å². The normalized spacial score (nSPS) is 12.5. The fraction of sp³-hybridized carbons (Fsp3) is 0.375. The summed E-state index contributed by atoms with van der Waals surface area (Å²) < 4.78 is 7.95. The van der Waals surface area contributed by atoms with Gasteiger partial charge < -0.3 is 10.1 Å². The van der Waals surface area contributed by atoms with E-state index in [-0.39, 0.29) is 6.04 Å². The van der Waals surface area contributed by atoms with Crippen LogP contribution in [-0.4, -0.2) is 13.7 Å². The number of hydrogen-bond donors (Lipinski definition) is 1. The molecule has 1 aromatic heterocycles. The van der Waals surface area contributed by atoms with E-state index in [0.29, 0.717) is 0 Å². The molecule has 21 heavy (non-hydrogen) atoms. The van der Waals surface area contributed by atoms with Crippen molar-refractivity contribution in [2.75, 3.05) is 13.7 Å². The van der Waals surface area contributed by atoms with Crippen LogP contribution in [0.2, 0.25) is 0 Å². The van der Waals surface area contributed by atoms with Gasteiger partial charge in [-0.3, -0.25) is 0 Å². The first-order chi connectivity index (χ1) is 9.99. The highest BCUT2D eigenvalue weighted by molar-refractivity contribution is 9.12. The fourth-order valence-electron chi connectivity index (χ4n) is 2.45. The van der Waals surface area contributed by atoms with Crippen LogP contribution in [0.25, 0.3) is 0 Å². The number of hydrogen-bond acceptors (Lipinski definition) is 3. The first-order valence-electron chi connectivity index (χ1n) is 6.81. The van der Waals surface area contributed by atoms with E-state index in [1.807, 2.05) is 0 Å². The van der Waals surface area contributed by atoms with Crippen LogP contribution in [0.5, 0.6) is 5.75 Å². The number of rotatable bonds is 5. The number of methoxy groups -OCH3 is 1. The summed E-state index contributed by atoms with van der Waals surface area (Å²) in [5.41, 5.74) is 4.85. The third kappa shape index (κ3) is 3.52. The van der Waals surface area contributed by atoms with Gasteiger partial charge in [0.25, 0.3) is 0 Å². The van der Waals surface area contributed by atoms with Gasteiger partial charge >= 0.3 is 0 Å². The lowest BCUT2D eigenvalue weighted by atomic mass is 9.95. The molecular weight excluding hydrogens is 414 g/mol. The van der Waals surface area contributed by atoms with Gasteiger partial charge in [0, 0.05) is 5.56 Å². The molecule has 0 aliphatic rings. The minimum atomic E-state index is 0.112. The predicted octanol–water partition coefficient (Wildman–Crippen LogP) is 5.60. The van der Waals surface area contributed by atoms with E-state index in [1.54, 1.807) is 18.4 Å². The molecule has 114 valence electrons. The van der Waals surface area contributed by atoms with Crippen LogP contribution in [0, 0.1) is 13.8 Å². The smallest absolute Gasteiger partial charge is 0.127 e. The Hall–Kier alpha value is -0.360. The Balaban J connectivity index is 2.58. The first-order valence-corrected chi connectivity index (χ1v) is 9.22. The topological polar surface area (TPSA) is 21.3 Å². The van der Waals surface area contributed by atoms with Crippen molar-refractivity contribution in [3.63, 3.8) is 0 Å². The number of halogens is 2. The van der Waals surface area contributed by atoms with E-state index in [2.05, 4.69) is 76.1 Å². The Kier molecular flexibility index (Phi) is 5.88. The van der Waals surface area contributed by atoms with Crippen molar-refractivity contribution in [3.8, 4) is 5.75 Å². The van der Waals surface area contributed by atoms with Gasteiger partial charge in [-0.05, 0) is 75.0 Å². The van der Waals surface area contributed by atoms with E-state index in [1.165, 1.54) is 22.3 Å². The molecule has 0 saturated heterocycles. The standard InChI is InChI=1S/C16H19Br2NOS/c1-5-19-14(12-8-13(17)21-16(12)18)11-7-6-9(2)10(3)15(11)20-4/h6-8,14,19H,5H2,1-4H3. The van der Waals surface area contributed by atoms with Gasteiger partial charge in [0.05, 0.1) is 20.7 Å². The van der Waals surface area contributed by atoms with Crippen molar-refractivity contribution in [3.05, 3.63) is 48.0 Å². The molecule has 0 radical (unpaired) electrons. The lowest BCUT2D eigenvalue weighted by molar-refractivity contribution is 0.401. The largest absolute Gasteiger partial charge is 0.496 e. The number of thiophene rings is 1. The van der Waals surface area contributed by atoms with Crippen LogP contribution >= 0.6 is 43.2 Å². The van der Waals surface area contributed by atoms with Crippen molar-refractivity contribution >= 4 is 43.2 Å². The molecular formula is C16H19Br2NOS. The van der Waals surface area contributed by atoms with Crippen LogP contribution in [-0.2, 0) is 0 Å². The molecule has 1 atom stereocenters. The molecule has 0 bridgehead atoms. The highest BCUT2D eigenvalue weighted by Gasteiger charge is 2.23. The van der Waals surface area contributed by atoms with Gasteiger partial charge in [-0.15, -0.1) is 11.3 Å². The second-order valence-electron chi connectivity index (χ2n) is 4.90. The van der Waals surface area contributed by atoms with Gasteiger partial charge in [0.15, 0.2) is 0 Å². The van der Waals surface area contributed by atoms with E-state index >= 15 is 0 Å². The van der Waals surface area contributed by atoms with E-state index in [0.717, 1.165) is 19.9 Å². The van der Waals surface area contributed by atoms with E-state index in [4.69, 9.17) is 4.74 Å². The summed E-state index contributed by atoms with van der Waals surface area (Å²) in [5, 5.41) is 3.57. The summed E-state index contributed by atoms with van der Waals surface area (Å²) in [5.74, 6) is 0.968. The highest BCUT2D eigenvalue weighted by Crippen LogP contribution is 2.41. The second-order valence-corrected chi connectivity index (χ2v) is 8.65. The van der Waals surface area contributed by atoms with Gasteiger partial charge in [0.1, 0.15) is 5.75 Å². The average Bonchev–Trinajstić information content (AvgIpc) is 2.78. The van der Waals surface area contributed by atoms with Crippen LogP contribution in [0.1, 0.15) is 35.2 Å². The monoisotopic (exact) mass is 431 g/mol. The lowest BCUT2D eigenvalue weighted by Gasteiger charge is -2.22. The van der Waals surface area contributed by atoms with Gasteiger partial charge in [-0.2, -0.15) is 0 Å². The lowest BCUT2D eigenvalue weighted by Crippen LogP contribution is -2.22. The summed E-state index contributed by atoms with van der Waals surface area (Å²) >= 11 is 8.93. The van der Waals surface area contributed by atoms with Gasteiger partial charge in [-0.25, -0.2) is 0 Å². The highest BCUT2D eigenvalue weighted by atomic mass is 79.9. The predicted molar refractivity (Wildman–Crippen MR) is 97.7 cm³/mol. The molecule has 0 amide bonds. The number of benzene rings is 1. The second kappa shape index (κ2) is 7.27. The van der Waals surface area contributed by atoms with Crippen molar-refractivity contribution in [1.82, 2.24) is 5.32 Å². The Morgan fingerprint density at radius 3 is 2.48 bits per heavy atom. The molecule has 0 aliphatic carbocycles. The third-order valence-corrected chi connectivity index (χ3v) is 6.01. The number of nitrogens with one attached hydrogen (secondary N) is 1. The molecule has 0 saturated carbocycles. The molecule has 1 unspecified atom stereocenters. The molecule has 2 rings (SSSR count). The van der Waals surface area contributed by atoms with Crippen molar-refractivity contribution < 1.29 is 4.74 Å². The maximum absolute atomic E-state index is 5.69. The summed E-state index contributed by atoms with van der Waals surface area (Å²) in [6.45, 7) is 7.23. The quantitative estimate of drug-likeness (QED) is 0.663. The van der Waals surface area contributed by atoms with Crippen molar-refractivity contribution in [2.24, 2.45) is 0 Å². The number of aryl methyl sites for hydroxylation is 1. The molecule has 0 fully saturated rings. The molecule has 1 heterocycles. The first kappa shape index (κ1) is 17.0. The molecule has 2 aromatic rings. The SMILES string of the molecule is CCNC(c1cc(Br)sc1Br)c1ccc(C)c(C)c1OC. The maximum atomic E-state index is 5.69. The molecule has 2 nitrogen and oxygen atoms in total. The zero-order valence-corrected chi connectivity index (χ0v) is 16.6. The zero-order chi connectivity index (χ0) is 15.6. The Bertz CT molecular complexity index is 639. The minimum absolute atomic E-state index is 0.112. The molecule has 1 aromatic carbocycles. The summed E-state index contributed by atoms with van der Waals surface area (Å²) in [4.78, 5) is 0. The van der Waals surface area contributed by atoms with Crippen molar-refractivity contribution in [1.29, 1.82) is 0 Å². The summed E-state index contributed by atoms with van der Waals surface area (Å²) in [7, 11) is 1.74. The van der Waals surface area contributed by atoms with Crippen LogP contribution in [0.4, 0.5) is 0 Å². The molecule has 5 heteroatoms. The molecule has 1 N–H and O–H groups in total. The van der Waals surface area contributed by atoms with Gasteiger partial charge in [0.2, 0.25) is 0 Å². The van der Waals surface area contributed by atoms with Crippen LogP contribution in [0.3, 0.4) is 0 Å². The van der Waals surface area contributed by atoms with E-state index in [9.17, 15) is 0 Å². The van der Waals surface area contributed by atoms with Crippen molar-refractivity contribution in [2.45, 2.75) is 26.8 Å².